The van der Waals surface area contributed by atoms with Crippen molar-refractivity contribution >= 4 is 23.5 Å². The van der Waals surface area contributed by atoms with Gasteiger partial charge in [0.25, 0.3) is 5.91 Å². The second-order valence-electron chi connectivity index (χ2n) is 12.6. The third-order valence-corrected chi connectivity index (χ3v) is 9.39. The zero-order valence-electron chi connectivity index (χ0n) is 27.1. The maximum Gasteiger partial charge on any atom is 0.291 e. The van der Waals surface area contributed by atoms with Crippen molar-refractivity contribution in [3.8, 4) is 0 Å². The van der Waals surface area contributed by atoms with Crippen LogP contribution in [0.2, 0.25) is 0 Å². The van der Waals surface area contributed by atoms with Gasteiger partial charge >= 0.3 is 0 Å². The van der Waals surface area contributed by atoms with Crippen molar-refractivity contribution in [1.82, 2.24) is 40.6 Å². The normalized spacial score (nSPS) is 21.1. The molecule has 2 fully saturated rings. The Hall–Kier alpha value is -3.74. The number of carbonyl (C=O) groups excluding carboxylic acids is 4. The molecule has 3 atom stereocenters. The minimum atomic E-state index is -0.847. The van der Waals surface area contributed by atoms with Crippen molar-refractivity contribution in [2.75, 3.05) is 33.2 Å². The molecule has 12 nitrogen and oxygen atoms in total. The molecule has 1 aliphatic heterocycles. The van der Waals surface area contributed by atoms with Crippen LogP contribution < -0.4 is 10.6 Å². The van der Waals surface area contributed by atoms with Gasteiger partial charge in [-0.1, -0.05) is 45.7 Å². The molecule has 13 heteroatoms. The van der Waals surface area contributed by atoms with Crippen molar-refractivity contribution < 1.29 is 23.6 Å². The van der Waals surface area contributed by atoms with Gasteiger partial charge in [0.1, 0.15) is 11.9 Å². The summed E-state index contributed by atoms with van der Waals surface area (Å²) in [6.45, 7) is 10.5. The zero-order valence-corrected chi connectivity index (χ0v) is 27.1. The summed E-state index contributed by atoms with van der Waals surface area (Å²) in [5.41, 5.74) is 0.752. The molecule has 1 aliphatic carbocycles. The predicted molar refractivity (Wildman–Crippen MR) is 166 cm³/mol. The number of Topliss-reactive ketones (excluding diaryl/α,β-unsaturated/α-hetero) is 1. The first-order valence-electron chi connectivity index (χ1n) is 16.2. The van der Waals surface area contributed by atoms with Crippen molar-refractivity contribution in [1.29, 1.82) is 0 Å². The molecule has 45 heavy (non-hydrogen) atoms. The summed E-state index contributed by atoms with van der Waals surface area (Å²) in [6.07, 6.45) is 3.47. The van der Waals surface area contributed by atoms with E-state index in [9.17, 15) is 19.2 Å². The van der Waals surface area contributed by atoms with Crippen LogP contribution in [0.3, 0.4) is 0 Å². The number of nitrogens with one attached hydrogen (secondary N) is 2. The third kappa shape index (κ3) is 8.50. The average Bonchev–Trinajstić information content (AvgIpc) is 3.53. The van der Waals surface area contributed by atoms with E-state index in [-0.39, 0.29) is 47.7 Å². The van der Waals surface area contributed by atoms with Crippen LogP contribution in [0.15, 0.2) is 18.2 Å². The molecule has 2 aromatic rings. The van der Waals surface area contributed by atoms with E-state index in [0.717, 1.165) is 38.8 Å². The maximum absolute atomic E-state index is 15.6. The lowest BCUT2D eigenvalue weighted by molar-refractivity contribution is -0.138. The molecule has 0 unspecified atom stereocenters. The largest absolute Gasteiger partial charge is 0.344 e. The van der Waals surface area contributed by atoms with Gasteiger partial charge in [0.05, 0.1) is 6.04 Å². The van der Waals surface area contributed by atoms with E-state index in [1.807, 2.05) is 14.0 Å². The Bertz CT molecular complexity index is 1350. The number of likely N-dealkylation sites (N-methyl/N-ethyl adjacent to an activating group) is 1. The van der Waals surface area contributed by atoms with Crippen LogP contribution in [0.1, 0.15) is 87.5 Å². The number of carbonyl (C=O) groups is 4. The highest BCUT2D eigenvalue weighted by atomic mass is 19.1. The number of piperazine rings is 1. The number of benzene rings is 1. The topological polar surface area (TPSA) is 142 Å². The van der Waals surface area contributed by atoms with Gasteiger partial charge in [-0.2, -0.15) is 0 Å². The first-order valence-corrected chi connectivity index (χ1v) is 16.2. The Balaban J connectivity index is 1.52. The molecule has 2 heterocycles. The van der Waals surface area contributed by atoms with E-state index in [0.29, 0.717) is 31.1 Å². The average molecular weight is 627 g/mol. The number of hydrogen-bond acceptors (Lipinski definition) is 8. The number of halogens is 1. The highest BCUT2D eigenvalue weighted by molar-refractivity contribution is 5.96. The highest BCUT2D eigenvalue weighted by Gasteiger charge is 2.35. The van der Waals surface area contributed by atoms with Gasteiger partial charge < -0.3 is 20.4 Å². The van der Waals surface area contributed by atoms with Gasteiger partial charge in [0, 0.05) is 51.5 Å². The molecule has 4 rings (SSSR count). The van der Waals surface area contributed by atoms with Gasteiger partial charge in [0.2, 0.25) is 17.6 Å². The number of aryl methyl sites for hydroxylation is 1. The summed E-state index contributed by atoms with van der Waals surface area (Å²) >= 11 is 0. The molecule has 1 saturated heterocycles. The fourth-order valence-electron chi connectivity index (χ4n) is 6.25. The molecule has 0 radical (unpaired) electrons. The van der Waals surface area contributed by atoms with E-state index >= 15 is 4.39 Å². The SMILES string of the molecule is CCC(=O)N[C@@H](C(=O)N1CCN(C)CC1)[C@@H](C)c1ccc(CC(=O)[C@@H](NC(=O)c2nnnn2CC)C2CCC(C)CC2)c(F)c1. The quantitative estimate of drug-likeness (QED) is 0.366. The molecule has 1 saturated carbocycles. The standard InChI is InChI=1S/C32H47FN8O4/c1-6-27(43)34-28(32(45)40-16-14-39(5)15-17-40)21(4)23-12-13-24(25(33)18-23)19-26(42)29(22-10-8-20(3)9-11-22)35-31(44)30-36-37-38-41(30)7-2/h12-13,18,20-22,28-29H,6-11,14-17,19H2,1-5H3,(H,34,43)(H,35,44)/t20?,21-,22?,28+,29-/m0/s1. The molecular weight excluding hydrogens is 579 g/mol. The number of amides is 3. The molecule has 246 valence electrons. The predicted octanol–water partition coefficient (Wildman–Crippen LogP) is 2.34. The Kier molecular flexibility index (Phi) is 11.8. The first kappa shape index (κ1) is 34.1. The van der Waals surface area contributed by atoms with Gasteiger partial charge in [-0.15, -0.1) is 5.10 Å². The van der Waals surface area contributed by atoms with E-state index in [1.54, 1.807) is 30.9 Å². The van der Waals surface area contributed by atoms with E-state index in [1.165, 1.54) is 10.7 Å². The summed E-state index contributed by atoms with van der Waals surface area (Å²) in [7, 11) is 2.00. The molecule has 2 aliphatic rings. The molecule has 1 aromatic carbocycles. The van der Waals surface area contributed by atoms with Crippen LogP contribution in [0, 0.1) is 17.7 Å². The molecule has 2 N–H and O–H groups in total. The van der Waals surface area contributed by atoms with Crippen molar-refractivity contribution in [2.24, 2.45) is 11.8 Å². The second-order valence-corrected chi connectivity index (χ2v) is 12.6. The van der Waals surface area contributed by atoms with Crippen LogP contribution in [0.5, 0.6) is 0 Å². The molecule has 0 spiro atoms. The first-order chi connectivity index (χ1) is 21.5. The Labute approximate surface area is 264 Å². The summed E-state index contributed by atoms with van der Waals surface area (Å²) in [5, 5.41) is 17.0. The van der Waals surface area contributed by atoms with E-state index < -0.39 is 29.7 Å². The number of nitrogens with zero attached hydrogens (tertiary/aromatic N) is 6. The van der Waals surface area contributed by atoms with Gasteiger partial charge in [-0.25, -0.2) is 9.07 Å². The Morgan fingerprint density at radius 2 is 1.71 bits per heavy atom. The number of rotatable bonds is 12. The maximum atomic E-state index is 15.6. The smallest absolute Gasteiger partial charge is 0.291 e. The van der Waals surface area contributed by atoms with Gasteiger partial charge in [0.15, 0.2) is 5.78 Å². The monoisotopic (exact) mass is 626 g/mol. The fraction of sp³-hybridized carbons (Fsp3) is 0.656. The summed E-state index contributed by atoms with van der Waals surface area (Å²) in [6, 6.07) is 2.98. The van der Waals surface area contributed by atoms with E-state index in [4.69, 9.17) is 0 Å². The number of tetrazole rings is 1. The molecular formula is C32H47FN8O4. The molecule has 0 bridgehead atoms. The van der Waals surface area contributed by atoms with Crippen LogP contribution in [-0.2, 0) is 27.3 Å². The fourth-order valence-corrected chi connectivity index (χ4v) is 6.25. The molecule has 3 amide bonds. The van der Waals surface area contributed by atoms with Crippen molar-refractivity contribution in [3.63, 3.8) is 0 Å². The Morgan fingerprint density at radius 1 is 1.02 bits per heavy atom. The summed E-state index contributed by atoms with van der Waals surface area (Å²) in [5.74, 6) is -1.84. The van der Waals surface area contributed by atoms with Crippen LogP contribution >= 0.6 is 0 Å². The van der Waals surface area contributed by atoms with E-state index in [2.05, 4.69) is 38.0 Å². The number of aromatic nitrogens is 4. The second kappa shape index (κ2) is 15.5. The highest BCUT2D eigenvalue weighted by Crippen LogP contribution is 2.32. The third-order valence-electron chi connectivity index (χ3n) is 9.39. The van der Waals surface area contributed by atoms with Gasteiger partial charge in [-0.3, -0.25) is 19.2 Å². The number of ketones is 1. The lowest BCUT2D eigenvalue weighted by Gasteiger charge is -2.36. The van der Waals surface area contributed by atoms with Crippen LogP contribution in [0.25, 0.3) is 0 Å². The zero-order chi connectivity index (χ0) is 32.7. The van der Waals surface area contributed by atoms with Crippen LogP contribution in [-0.4, -0.2) is 98.8 Å². The lowest BCUT2D eigenvalue weighted by Crippen LogP contribution is -2.55. The van der Waals surface area contributed by atoms with Crippen molar-refractivity contribution in [2.45, 2.75) is 90.8 Å². The summed E-state index contributed by atoms with van der Waals surface area (Å²) in [4.78, 5) is 56.7. The van der Waals surface area contributed by atoms with Crippen LogP contribution in [0.4, 0.5) is 4.39 Å². The minimum Gasteiger partial charge on any atom is -0.344 e. The molecule has 1 aromatic heterocycles. The Morgan fingerprint density at radius 3 is 2.33 bits per heavy atom. The number of hydrogen-bond donors (Lipinski definition) is 2. The minimum absolute atomic E-state index is 0.0276. The summed E-state index contributed by atoms with van der Waals surface area (Å²) < 4.78 is 17.0. The van der Waals surface area contributed by atoms with Gasteiger partial charge in [-0.05, 0) is 66.3 Å². The lowest BCUT2D eigenvalue weighted by atomic mass is 9.77. The van der Waals surface area contributed by atoms with Crippen molar-refractivity contribution in [3.05, 3.63) is 41.0 Å².